The van der Waals surface area contributed by atoms with Crippen LogP contribution in [0.5, 0.6) is 0 Å². The molecule has 2 bridgehead atoms. The monoisotopic (exact) mass is 208 g/mol. The first-order valence-corrected chi connectivity index (χ1v) is 6.26. The van der Waals surface area contributed by atoms with Crippen molar-refractivity contribution in [2.24, 2.45) is 0 Å². The van der Waals surface area contributed by atoms with Gasteiger partial charge in [0.05, 0.1) is 0 Å². The Morgan fingerprint density at radius 1 is 1.33 bits per heavy atom. The van der Waals surface area contributed by atoms with Crippen molar-refractivity contribution in [3.63, 3.8) is 0 Å². The van der Waals surface area contributed by atoms with E-state index in [9.17, 15) is 0 Å². The van der Waals surface area contributed by atoms with E-state index in [2.05, 4.69) is 30.8 Å². The molecular weight excluding hydrogens is 184 g/mol. The molecule has 2 aliphatic rings. The highest BCUT2D eigenvalue weighted by Gasteiger charge is 2.34. The van der Waals surface area contributed by atoms with Crippen molar-refractivity contribution in [3.05, 3.63) is 12.2 Å². The number of hydrogen-bond acceptors (Lipinski definition) is 2. The van der Waals surface area contributed by atoms with Gasteiger partial charge >= 0.3 is 0 Å². The Labute approximate surface area is 93.7 Å². The van der Waals surface area contributed by atoms with Gasteiger partial charge in [-0.1, -0.05) is 5.57 Å². The van der Waals surface area contributed by atoms with Crippen LogP contribution in [-0.2, 0) is 0 Å². The topological polar surface area (TPSA) is 15.3 Å². The lowest BCUT2D eigenvalue weighted by Crippen LogP contribution is -2.47. The van der Waals surface area contributed by atoms with Gasteiger partial charge in [0.2, 0.25) is 0 Å². The lowest BCUT2D eigenvalue weighted by atomic mass is 9.98. The summed E-state index contributed by atoms with van der Waals surface area (Å²) >= 11 is 0. The Hall–Kier alpha value is -0.340. The average molecular weight is 208 g/mol. The van der Waals surface area contributed by atoms with Crippen LogP contribution in [-0.4, -0.2) is 36.6 Å². The van der Waals surface area contributed by atoms with Crippen molar-refractivity contribution in [2.75, 3.05) is 13.6 Å². The molecule has 1 N–H and O–H groups in total. The molecule has 2 nitrogen and oxygen atoms in total. The third kappa shape index (κ3) is 2.82. The zero-order chi connectivity index (χ0) is 10.8. The van der Waals surface area contributed by atoms with Crippen molar-refractivity contribution >= 4 is 0 Å². The summed E-state index contributed by atoms with van der Waals surface area (Å²) in [6.07, 6.45) is 6.65. The maximum Gasteiger partial charge on any atom is 0.0122 e. The smallest absolute Gasteiger partial charge is 0.0122 e. The summed E-state index contributed by atoms with van der Waals surface area (Å²) in [6, 6.07) is 2.42. The molecule has 86 valence electrons. The van der Waals surface area contributed by atoms with E-state index in [1.54, 1.807) is 0 Å². The normalized spacial score (nSPS) is 34.7. The second-order valence-electron chi connectivity index (χ2n) is 5.45. The first-order valence-electron chi connectivity index (χ1n) is 6.26. The number of fused-ring (bicyclic) bond motifs is 2. The van der Waals surface area contributed by atoms with Crippen molar-refractivity contribution in [1.82, 2.24) is 10.2 Å². The summed E-state index contributed by atoms with van der Waals surface area (Å²) < 4.78 is 0. The first kappa shape index (κ1) is 11.2. The minimum Gasteiger partial charge on any atom is -0.311 e. The predicted octanol–water partition coefficient (Wildman–Crippen LogP) is 2.17. The summed E-state index contributed by atoms with van der Waals surface area (Å²) in [4.78, 5) is 2.54. The highest BCUT2D eigenvalue weighted by molar-refractivity contribution is 4.96. The molecule has 2 atom stereocenters. The van der Waals surface area contributed by atoms with E-state index >= 15 is 0 Å². The molecule has 2 rings (SSSR count). The Bertz CT molecular complexity index is 225. The predicted molar refractivity (Wildman–Crippen MR) is 65.0 cm³/mol. The molecule has 0 spiro atoms. The van der Waals surface area contributed by atoms with Crippen LogP contribution in [0, 0.1) is 0 Å². The van der Waals surface area contributed by atoms with Gasteiger partial charge in [-0.3, -0.25) is 0 Å². The molecule has 2 saturated heterocycles. The molecular formula is C13H24N2. The van der Waals surface area contributed by atoms with Crippen LogP contribution in [0.1, 0.15) is 39.0 Å². The number of piperidine rings is 1. The number of rotatable bonds is 4. The summed E-state index contributed by atoms with van der Waals surface area (Å²) in [6.45, 7) is 7.28. The van der Waals surface area contributed by atoms with Gasteiger partial charge < -0.3 is 10.2 Å². The SMILES string of the molecule is C=C(C)CCN(C)C1CC2CCC(C1)N2. The Kier molecular flexibility index (Phi) is 3.47. The fourth-order valence-electron chi connectivity index (χ4n) is 2.94. The van der Waals surface area contributed by atoms with Gasteiger partial charge in [0.1, 0.15) is 0 Å². The van der Waals surface area contributed by atoms with Gasteiger partial charge in [-0.25, -0.2) is 0 Å². The molecule has 15 heavy (non-hydrogen) atoms. The average Bonchev–Trinajstić information content (AvgIpc) is 2.54. The van der Waals surface area contributed by atoms with Crippen molar-refractivity contribution < 1.29 is 0 Å². The summed E-state index contributed by atoms with van der Waals surface area (Å²) in [5.74, 6) is 0. The molecule has 2 heterocycles. The lowest BCUT2D eigenvalue weighted by Gasteiger charge is -2.35. The highest BCUT2D eigenvalue weighted by atomic mass is 15.2. The van der Waals surface area contributed by atoms with E-state index < -0.39 is 0 Å². The molecule has 0 radical (unpaired) electrons. The summed E-state index contributed by atoms with van der Waals surface area (Å²) in [5.41, 5.74) is 1.30. The van der Waals surface area contributed by atoms with E-state index in [0.29, 0.717) is 0 Å². The Balaban J connectivity index is 1.80. The second kappa shape index (κ2) is 4.67. The fourth-order valence-corrected chi connectivity index (χ4v) is 2.94. The Morgan fingerprint density at radius 2 is 1.93 bits per heavy atom. The van der Waals surface area contributed by atoms with Gasteiger partial charge in [0, 0.05) is 24.7 Å². The number of hydrogen-bond donors (Lipinski definition) is 1. The number of nitrogens with zero attached hydrogens (tertiary/aromatic N) is 1. The molecule has 0 aromatic carbocycles. The van der Waals surface area contributed by atoms with E-state index in [0.717, 1.165) is 24.5 Å². The van der Waals surface area contributed by atoms with Crippen LogP contribution in [0.4, 0.5) is 0 Å². The van der Waals surface area contributed by atoms with E-state index in [1.807, 2.05) is 0 Å². The zero-order valence-electron chi connectivity index (χ0n) is 10.1. The second-order valence-corrected chi connectivity index (χ2v) is 5.45. The van der Waals surface area contributed by atoms with Gasteiger partial charge in [-0.15, -0.1) is 6.58 Å². The van der Waals surface area contributed by atoms with E-state index in [-0.39, 0.29) is 0 Å². The van der Waals surface area contributed by atoms with E-state index in [4.69, 9.17) is 0 Å². The Morgan fingerprint density at radius 3 is 2.47 bits per heavy atom. The van der Waals surface area contributed by atoms with Crippen molar-refractivity contribution in [2.45, 2.75) is 57.2 Å². The van der Waals surface area contributed by atoms with Crippen LogP contribution < -0.4 is 5.32 Å². The van der Waals surface area contributed by atoms with Crippen LogP contribution in [0.15, 0.2) is 12.2 Å². The van der Waals surface area contributed by atoms with Crippen LogP contribution in [0.25, 0.3) is 0 Å². The molecule has 0 aromatic rings. The number of nitrogens with one attached hydrogen (secondary N) is 1. The largest absolute Gasteiger partial charge is 0.311 e. The highest BCUT2D eigenvalue weighted by Crippen LogP contribution is 2.29. The van der Waals surface area contributed by atoms with Gasteiger partial charge in [0.25, 0.3) is 0 Å². The maximum atomic E-state index is 3.98. The minimum absolute atomic E-state index is 0.807. The third-order valence-corrected chi connectivity index (χ3v) is 3.96. The molecule has 0 amide bonds. The molecule has 0 aromatic heterocycles. The molecule has 2 heteroatoms. The molecule has 2 aliphatic heterocycles. The van der Waals surface area contributed by atoms with Crippen LogP contribution in [0.3, 0.4) is 0 Å². The van der Waals surface area contributed by atoms with Crippen molar-refractivity contribution in [3.8, 4) is 0 Å². The van der Waals surface area contributed by atoms with Crippen LogP contribution >= 0.6 is 0 Å². The summed E-state index contributed by atoms with van der Waals surface area (Å²) in [7, 11) is 2.28. The third-order valence-electron chi connectivity index (χ3n) is 3.96. The minimum atomic E-state index is 0.807. The first-order chi connectivity index (χ1) is 7.15. The maximum absolute atomic E-state index is 3.98. The van der Waals surface area contributed by atoms with Crippen molar-refractivity contribution in [1.29, 1.82) is 0 Å². The van der Waals surface area contributed by atoms with E-state index in [1.165, 1.54) is 37.8 Å². The standard InChI is InChI=1S/C13H24N2/c1-10(2)6-7-15(3)13-8-11-4-5-12(9-13)14-11/h11-14H,1,4-9H2,2-3H3. The molecule has 0 aliphatic carbocycles. The lowest BCUT2D eigenvalue weighted by molar-refractivity contribution is 0.174. The van der Waals surface area contributed by atoms with Gasteiger partial charge in [0.15, 0.2) is 0 Å². The fraction of sp³-hybridized carbons (Fsp3) is 0.846. The quantitative estimate of drug-likeness (QED) is 0.712. The zero-order valence-corrected chi connectivity index (χ0v) is 10.1. The van der Waals surface area contributed by atoms with Gasteiger partial charge in [-0.2, -0.15) is 0 Å². The van der Waals surface area contributed by atoms with Gasteiger partial charge in [-0.05, 0) is 46.1 Å². The summed E-state index contributed by atoms with van der Waals surface area (Å²) in [5, 5.41) is 3.70. The molecule has 2 fully saturated rings. The molecule has 0 saturated carbocycles. The van der Waals surface area contributed by atoms with Crippen LogP contribution in [0.2, 0.25) is 0 Å². The molecule has 2 unspecified atom stereocenters.